The molecule has 0 N–H and O–H groups in total. The molecule has 51 heavy (non-hydrogen) atoms. The molecule has 2 amide bonds. The van der Waals surface area contributed by atoms with Crippen molar-refractivity contribution >= 4 is 52.8 Å². The number of carbonyl (C=O) groups excluding carboxylic acids is 2. The number of likely N-dealkylation sites (tertiary alicyclic amines) is 1. The van der Waals surface area contributed by atoms with Crippen LogP contribution in [-0.4, -0.2) is 67.3 Å². The number of likely N-dealkylation sites (N-methyl/N-ethyl adjacent to an activating group) is 2. The summed E-state index contributed by atoms with van der Waals surface area (Å²) in [7, 11) is 5.31. The second kappa shape index (κ2) is 15.7. The first-order chi connectivity index (χ1) is 24.7. The lowest BCUT2D eigenvalue weighted by atomic mass is 10.1. The van der Waals surface area contributed by atoms with Crippen molar-refractivity contribution in [1.82, 2.24) is 9.80 Å². The summed E-state index contributed by atoms with van der Waals surface area (Å²) in [6, 6.07) is 31.4. The zero-order chi connectivity index (χ0) is 35.9. The summed E-state index contributed by atoms with van der Waals surface area (Å²) in [5.74, 6) is 3.26. The fraction of sp³-hybridized carbons (Fsp3) is 0.200. The molecule has 11 heteroatoms. The monoisotopic (exact) mass is 702 g/mol. The third-order valence-corrected chi connectivity index (χ3v) is 8.89. The van der Waals surface area contributed by atoms with Crippen molar-refractivity contribution in [3.8, 4) is 23.0 Å². The van der Waals surface area contributed by atoms with Crippen molar-refractivity contribution in [2.24, 2.45) is 4.99 Å². The molecule has 0 atom stereocenters. The number of fused-ring (bicyclic) bond motifs is 2. The number of benzene rings is 4. The summed E-state index contributed by atoms with van der Waals surface area (Å²) in [6.45, 7) is 2.64. The number of carbonyl (C=O) groups is 2. The average molecular weight is 703 g/mol. The SMILES string of the molecule is CCc1ccccc1.CN1C(=O)/C(=C/c2ccc3c(c2)OCO3)CC1=S.CN1C(=O)/C(=C/c2ccc3c(c2)OCO3)N=C1N(C)c1ccccc1. The van der Waals surface area contributed by atoms with Gasteiger partial charge in [-0.25, -0.2) is 4.99 Å². The van der Waals surface area contributed by atoms with Gasteiger partial charge in [0, 0.05) is 38.8 Å². The Morgan fingerprint density at radius 1 is 0.725 bits per heavy atom. The zero-order valence-electron chi connectivity index (χ0n) is 28.9. The van der Waals surface area contributed by atoms with E-state index in [1.54, 1.807) is 25.1 Å². The lowest BCUT2D eigenvalue weighted by Crippen LogP contribution is -2.39. The number of nitrogens with zero attached hydrogens (tertiary/aromatic N) is 4. The number of hydrogen-bond donors (Lipinski definition) is 0. The Kier molecular flexibility index (Phi) is 10.8. The van der Waals surface area contributed by atoms with Crippen LogP contribution in [0.25, 0.3) is 12.2 Å². The van der Waals surface area contributed by atoms with Crippen LogP contribution in [0.1, 0.15) is 30.0 Å². The molecule has 4 aromatic carbocycles. The van der Waals surface area contributed by atoms with Crippen LogP contribution in [0.5, 0.6) is 23.0 Å². The molecule has 0 aromatic heterocycles. The van der Waals surface area contributed by atoms with Crippen LogP contribution in [-0.2, 0) is 16.0 Å². The van der Waals surface area contributed by atoms with Crippen LogP contribution in [0.15, 0.2) is 113 Å². The zero-order valence-corrected chi connectivity index (χ0v) is 29.7. The average Bonchev–Trinajstić information content (AvgIpc) is 3.95. The van der Waals surface area contributed by atoms with Crippen LogP contribution < -0.4 is 23.8 Å². The number of ether oxygens (including phenoxy) is 4. The largest absolute Gasteiger partial charge is 0.454 e. The molecule has 0 bridgehead atoms. The van der Waals surface area contributed by atoms with Gasteiger partial charge in [-0.3, -0.25) is 14.5 Å². The van der Waals surface area contributed by atoms with Gasteiger partial charge in [0.2, 0.25) is 19.5 Å². The topological polar surface area (TPSA) is 93.1 Å². The molecular formula is C40H38N4O6S. The number of hydrogen-bond acceptors (Lipinski definition) is 9. The van der Waals surface area contributed by atoms with Crippen molar-refractivity contribution in [2.45, 2.75) is 19.8 Å². The first kappa shape index (κ1) is 34.9. The Balaban J connectivity index is 0.000000150. The predicted molar refractivity (Wildman–Crippen MR) is 202 cm³/mol. The van der Waals surface area contributed by atoms with Gasteiger partial charge in [-0.05, 0) is 71.7 Å². The maximum atomic E-state index is 12.6. The van der Waals surface area contributed by atoms with Crippen LogP contribution in [0.2, 0.25) is 0 Å². The molecule has 0 spiro atoms. The van der Waals surface area contributed by atoms with Crippen LogP contribution in [0, 0.1) is 0 Å². The molecule has 0 radical (unpaired) electrons. The standard InChI is InChI=1S/C19H17N3O3.C13H11NO3S.C8H10/c1-21(14-6-4-3-5-7-14)19-20-15(18(23)22(19)2)10-13-8-9-16-17(11-13)25-12-24-16;1-14-12(18)6-9(13(14)15)4-8-2-3-10-11(5-8)17-7-16-10;1-2-8-6-4-3-5-7-8/h3-11H,12H2,1-2H3;2-5H,6-7H2,1H3;3-7H,2H2,1H3/b15-10-;9-4+;. The van der Waals surface area contributed by atoms with E-state index in [1.807, 2.05) is 90.8 Å². The molecule has 0 unspecified atom stereocenters. The number of aliphatic imine (C=N–C) groups is 1. The summed E-state index contributed by atoms with van der Waals surface area (Å²) in [5, 5.41) is 0. The van der Waals surface area contributed by atoms with Gasteiger partial charge in [-0.2, -0.15) is 0 Å². The Bertz CT molecular complexity index is 2030. The van der Waals surface area contributed by atoms with E-state index < -0.39 is 0 Å². The Hall–Kier alpha value is -5.94. The Morgan fingerprint density at radius 2 is 1.27 bits per heavy atom. The number of guanidine groups is 1. The Morgan fingerprint density at radius 3 is 1.80 bits per heavy atom. The van der Waals surface area contributed by atoms with Crippen molar-refractivity contribution in [3.05, 3.63) is 125 Å². The van der Waals surface area contributed by atoms with Gasteiger partial charge < -0.3 is 28.7 Å². The van der Waals surface area contributed by atoms with Crippen molar-refractivity contribution in [1.29, 1.82) is 0 Å². The van der Waals surface area contributed by atoms with E-state index in [9.17, 15) is 9.59 Å². The van der Waals surface area contributed by atoms with E-state index in [0.29, 0.717) is 45.9 Å². The molecule has 8 rings (SSSR count). The fourth-order valence-corrected chi connectivity index (χ4v) is 5.77. The number of aryl methyl sites for hydroxylation is 1. The second-order valence-corrected chi connectivity index (χ2v) is 12.3. The Labute approximate surface area is 302 Å². The summed E-state index contributed by atoms with van der Waals surface area (Å²) >= 11 is 5.11. The van der Waals surface area contributed by atoms with E-state index in [4.69, 9.17) is 31.2 Å². The van der Waals surface area contributed by atoms with Gasteiger partial charge in [0.25, 0.3) is 11.8 Å². The molecular weight excluding hydrogens is 665 g/mol. The maximum Gasteiger partial charge on any atom is 0.279 e. The highest BCUT2D eigenvalue weighted by molar-refractivity contribution is 7.80. The molecule has 1 saturated heterocycles. The maximum absolute atomic E-state index is 12.6. The van der Waals surface area contributed by atoms with Gasteiger partial charge in [-0.15, -0.1) is 0 Å². The smallest absolute Gasteiger partial charge is 0.279 e. The number of anilines is 1. The third-order valence-electron chi connectivity index (χ3n) is 8.47. The van der Waals surface area contributed by atoms with E-state index >= 15 is 0 Å². The highest BCUT2D eigenvalue weighted by Gasteiger charge is 2.30. The molecule has 0 saturated carbocycles. The second-order valence-electron chi connectivity index (χ2n) is 11.9. The molecule has 4 aliphatic rings. The molecule has 4 heterocycles. The van der Waals surface area contributed by atoms with Crippen LogP contribution >= 0.6 is 12.2 Å². The third kappa shape index (κ3) is 8.11. The summed E-state index contributed by atoms with van der Waals surface area (Å²) < 4.78 is 21.2. The number of rotatable bonds is 4. The molecule has 1 fully saturated rings. The van der Waals surface area contributed by atoms with E-state index in [2.05, 4.69) is 36.2 Å². The van der Waals surface area contributed by atoms with E-state index in [-0.39, 0.29) is 25.4 Å². The number of amides is 2. The summed E-state index contributed by atoms with van der Waals surface area (Å²) in [6.07, 6.45) is 5.27. The minimum absolute atomic E-state index is 0.0299. The minimum Gasteiger partial charge on any atom is -0.454 e. The van der Waals surface area contributed by atoms with Gasteiger partial charge in [0.05, 0.1) is 4.99 Å². The number of para-hydroxylation sites is 1. The minimum atomic E-state index is -0.143. The van der Waals surface area contributed by atoms with Gasteiger partial charge >= 0.3 is 0 Å². The van der Waals surface area contributed by atoms with Gasteiger partial charge in [0.1, 0.15) is 5.70 Å². The van der Waals surface area contributed by atoms with Crippen molar-refractivity contribution < 1.29 is 28.5 Å². The van der Waals surface area contributed by atoms with Crippen molar-refractivity contribution in [2.75, 3.05) is 39.6 Å². The first-order valence-corrected chi connectivity index (χ1v) is 16.8. The molecule has 0 aliphatic carbocycles. The van der Waals surface area contributed by atoms with E-state index in [0.717, 1.165) is 29.0 Å². The highest BCUT2D eigenvalue weighted by Crippen LogP contribution is 2.35. The van der Waals surface area contributed by atoms with E-state index in [1.165, 1.54) is 10.5 Å². The number of thiocarbonyl (C=S) groups is 1. The normalized spacial score (nSPS) is 16.9. The fourth-order valence-electron chi connectivity index (χ4n) is 5.53. The van der Waals surface area contributed by atoms with Crippen LogP contribution in [0.3, 0.4) is 0 Å². The summed E-state index contributed by atoms with van der Waals surface area (Å²) in [5.41, 5.74) is 5.23. The van der Waals surface area contributed by atoms with Crippen LogP contribution in [0.4, 0.5) is 5.69 Å². The molecule has 4 aliphatic heterocycles. The molecule has 260 valence electrons. The lowest BCUT2D eigenvalue weighted by Gasteiger charge is -2.23. The highest BCUT2D eigenvalue weighted by atomic mass is 32.1. The van der Waals surface area contributed by atoms with Crippen molar-refractivity contribution in [3.63, 3.8) is 0 Å². The van der Waals surface area contributed by atoms with Gasteiger partial charge in [-0.1, -0.05) is 79.8 Å². The molecule has 4 aromatic rings. The molecule has 10 nitrogen and oxygen atoms in total. The summed E-state index contributed by atoms with van der Waals surface area (Å²) in [4.78, 5) is 34.5. The lowest BCUT2D eigenvalue weighted by molar-refractivity contribution is -0.122. The van der Waals surface area contributed by atoms with Gasteiger partial charge in [0.15, 0.2) is 23.0 Å². The first-order valence-electron chi connectivity index (χ1n) is 16.4. The quantitative estimate of drug-likeness (QED) is 0.167. The predicted octanol–water partition coefficient (Wildman–Crippen LogP) is 6.96.